The maximum absolute atomic E-state index is 11.9. The van der Waals surface area contributed by atoms with Gasteiger partial charge in [-0.3, -0.25) is 4.79 Å². The van der Waals surface area contributed by atoms with Crippen LogP contribution in [0.15, 0.2) is 24.3 Å². The summed E-state index contributed by atoms with van der Waals surface area (Å²) in [7, 11) is 0. The first-order valence-electron chi connectivity index (χ1n) is 6.07. The van der Waals surface area contributed by atoms with E-state index in [1.165, 1.54) is 0 Å². The summed E-state index contributed by atoms with van der Waals surface area (Å²) in [4.78, 5) is 11.9. The van der Waals surface area contributed by atoms with Crippen molar-refractivity contribution >= 4 is 5.91 Å². The molecule has 2 rings (SSSR count). The van der Waals surface area contributed by atoms with Crippen LogP contribution in [0.2, 0.25) is 0 Å². The second kappa shape index (κ2) is 4.49. The fraction of sp³-hybridized carbons (Fsp3) is 0.500. The smallest absolute Gasteiger partial charge is 0.251 e. The highest BCUT2D eigenvalue weighted by molar-refractivity contribution is 5.95. The van der Waals surface area contributed by atoms with Crippen LogP contribution in [0.4, 0.5) is 0 Å². The van der Waals surface area contributed by atoms with E-state index in [1.807, 2.05) is 25.1 Å². The molecular formula is C14H19NO2. The van der Waals surface area contributed by atoms with E-state index < -0.39 is 5.60 Å². The van der Waals surface area contributed by atoms with Crippen molar-refractivity contribution in [2.45, 2.75) is 32.3 Å². The number of hydrogen-bond acceptors (Lipinski definition) is 2. The van der Waals surface area contributed by atoms with Gasteiger partial charge in [-0.15, -0.1) is 0 Å². The molecule has 1 unspecified atom stereocenters. The SMILES string of the molecule is Cc1ccccc1C(=O)NCC(C)(O)C1CC1. The number of carbonyl (C=O) groups excluding carboxylic acids is 1. The van der Waals surface area contributed by atoms with Crippen molar-refractivity contribution < 1.29 is 9.90 Å². The van der Waals surface area contributed by atoms with Crippen LogP contribution in [0.3, 0.4) is 0 Å². The zero-order valence-corrected chi connectivity index (χ0v) is 10.4. The van der Waals surface area contributed by atoms with Crippen LogP contribution in [0.1, 0.15) is 35.7 Å². The first kappa shape index (κ1) is 12.1. The van der Waals surface area contributed by atoms with E-state index in [1.54, 1.807) is 13.0 Å². The summed E-state index contributed by atoms with van der Waals surface area (Å²) in [5.74, 6) is 0.240. The molecule has 1 aliphatic rings. The number of rotatable bonds is 4. The van der Waals surface area contributed by atoms with Gasteiger partial charge in [-0.1, -0.05) is 18.2 Å². The van der Waals surface area contributed by atoms with Gasteiger partial charge in [0.05, 0.1) is 5.60 Å². The van der Waals surface area contributed by atoms with Gasteiger partial charge in [0.2, 0.25) is 0 Å². The minimum atomic E-state index is -0.766. The molecule has 0 aliphatic heterocycles. The summed E-state index contributed by atoms with van der Waals surface area (Å²) >= 11 is 0. The van der Waals surface area contributed by atoms with Crippen LogP contribution < -0.4 is 5.32 Å². The molecule has 3 heteroatoms. The Morgan fingerprint density at radius 1 is 1.47 bits per heavy atom. The third kappa shape index (κ3) is 2.86. The Balaban J connectivity index is 1.96. The molecule has 0 bridgehead atoms. The molecule has 92 valence electrons. The third-order valence-corrected chi connectivity index (χ3v) is 3.45. The minimum Gasteiger partial charge on any atom is -0.388 e. The van der Waals surface area contributed by atoms with Crippen molar-refractivity contribution in [3.8, 4) is 0 Å². The van der Waals surface area contributed by atoms with Crippen molar-refractivity contribution in [2.24, 2.45) is 5.92 Å². The van der Waals surface area contributed by atoms with Crippen molar-refractivity contribution in [3.05, 3.63) is 35.4 Å². The first-order chi connectivity index (χ1) is 8.00. The molecule has 1 amide bonds. The molecule has 1 saturated carbocycles. The van der Waals surface area contributed by atoms with Crippen LogP contribution in [0.5, 0.6) is 0 Å². The van der Waals surface area contributed by atoms with Gasteiger partial charge in [0.15, 0.2) is 0 Å². The van der Waals surface area contributed by atoms with E-state index in [-0.39, 0.29) is 5.91 Å². The van der Waals surface area contributed by atoms with Crippen LogP contribution in [0, 0.1) is 12.8 Å². The second-order valence-corrected chi connectivity index (χ2v) is 5.13. The van der Waals surface area contributed by atoms with E-state index in [0.29, 0.717) is 18.0 Å². The Morgan fingerprint density at radius 2 is 2.12 bits per heavy atom. The largest absolute Gasteiger partial charge is 0.388 e. The maximum Gasteiger partial charge on any atom is 0.251 e. The standard InChI is InChI=1S/C14H19NO2/c1-10-5-3-4-6-12(10)13(16)15-9-14(2,17)11-7-8-11/h3-6,11,17H,7-9H2,1-2H3,(H,15,16). The summed E-state index contributed by atoms with van der Waals surface area (Å²) in [6.07, 6.45) is 2.13. The van der Waals surface area contributed by atoms with Gasteiger partial charge in [-0.2, -0.15) is 0 Å². The lowest BCUT2D eigenvalue weighted by Gasteiger charge is -2.23. The highest BCUT2D eigenvalue weighted by atomic mass is 16.3. The lowest BCUT2D eigenvalue weighted by atomic mass is 10.0. The van der Waals surface area contributed by atoms with E-state index >= 15 is 0 Å². The minimum absolute atomic E-state index is 0.107. The molecule has 17 heavy (non-hydrogen) atoms. The van der Waals surface area contributed by atoms with Crippen molar-refractivity contribution in [3.63, 3.8) is 0 Å². The zero-order valence-electron chi connectivity index (χ0n) is 10.4. The Bertz CT molecular complexity index is 422. The fourth-order valence-electron chi connectivity index (χ4n) is 2.03. The molecule has 0 saturated heterocycles. The molecular weight excluding hydrogens is 214 g/mol. The lowest BCUT2D eigenvalue weighted by Crippen LogP contribution is -2.42. The predicted molar refractivity (Wildman–Crippen MR) is 66.9 cm³/mol. The predicted octanol–water partition coefficient (Wildman–Crippen LogP) is 1.89. The van der Waals surface area contributed by atoms with Crippen molar-refractivity contribution in [2.75, 3.05) is 6.54 Å². The molecule has 0 spiro atoms. The third-order valence-electron chi connectivity index (χ3n) is 3.45. The molecule has 1 atom stereocenters. The Labute approximate surface area is 102 Å². The van der Waals surface area contributed by atoms with Gasteiger partial charge in [0.25, 0.3) is 5.91 Å². The summed E-state index contributed by atoms with van der Waals surface area (Å²) < 4.78 is 0. The molecule has 1 aromatic carbocycles. The highest BCUT2D eigenvalue weighted by Gasteiger charge is 2.39. The van der Waals surface area contributed by atoms with Gasteiger partial charge in [-0.25, -0.2) is 0 Å². The molecule has 0 radical (unpaired) electrons. The number of hydrogen-bond donors (Lipinski definition) is 2. The van der Waals surface area contributed by atoms with Crippen LogP contribution in [-0.2, 0) is 0 Å². The fourth-order valence-corrected chi connectivity index (χ4v) is 2.03. The lowest BCUT2D eigenvalue weighted by molar-refractivity contribution is 0.0354. The number of amides is 1. The summed E-state index contributed by atoms with van der Waals surface area (Å²) in [6, 6.07) is 7.47. The van der Waals surface area contributed by atoms with Gasteiger partial charge in [0, 0.05) is 12.1 Å². The Morgan fingerprint density at radius 3 is 2.71 bits per heavy atom. The molecule has 1 aromatic rings. The molecule has 0 heterocycles. The molecule has 3 nitrogen and oxygen atoms in total. The van der Waals surface area contributed by atoms with E-state index in [9.17, 15) is 9.90 Å². The quantitative estimate of drug-likeness (QED) is 0.834. The topological polar surface area (TPSA) is 49.3 Å². The number of aryl methyl sites for hydroxylation is 1. The summed E-state index contributed by atoms with van der Waals surface area (Å²) in [6.45, 7) is 4.03. The van der Waals surface area contributed by atoms with Crippen molar-refractivity contribution in [1.82, 2.24) is 5.32 Å². The Hall–Kier alpha value is -1.35. The average molecular weight is 233 g/mol. The van der Waals surface area contributed by atoms with E-state index in [2.05, 4.69) is 5.32 Å². The zero-order chi connectivity index (χ0) is 12.5. The summed E-state index contributed by atoms with van der Waals surface area (Å²) in [5.41, 5.74) is 0.869. The molecule has 1 aliphatic carbocycles. The maximum atomic E-state index is 11.9. The van der Waals surface area contributed by atoms with Gasteiger partial charge < -0.3 is 10.4 Å². The first-order valence-corrected chi connectivity index (χ1v) is 6.07. The molecule has 2 N–H and O–H groups in total. The average Bonchev–Trinajstić information content (AvgIpc) is 3.11. The van der Waals surface area contributed by atoms with Crippen LogP contribution in [0.25, 0.3) is 0 Å². The van der Waals surface area contributed by atoms with Crippen LogP contribution in [-0.4, -0.2) is 23.2 Å². The summed E-state index contributed by atoms with van der Waals surface area (Å²) in [5, 5.41) is 12.9. The van der Waals surface area contributed by atoms with Gasteiger partial charge >= 0.3 is 0 Å². The number of aliphatic hydroxyl groups is 1. The van der Waals surface area contributed by atoms with Gasteiger partial charge in [0.1, 0.15) is 0 Å². The molecule has 1 fully saturated rings. The normalized spacial score (nSPS) is 18.5. The highest BCUT2D eigenvalue weighted by Crippen LogP contribution is 2.39. The van der Waals surface area contributed by atoms with Gasteiger partial charge in [-0.05, 0) is 44.2 Å². The van der Waals surface area contributed by atoms with Crippen LogP contribution >= 0.6 is 0 Å². The Kier molecular flexibility index (Phi) is 3.20. The van der Waals surface area contributed by atoms with Crippen molar-refractivity contribution in [1.29, 1.82) is 0 Å². The second-order valence-electron chi connectivity index (χ2n) is 5.13. The number of carbonyl (C=O) groups is 1. The monoisotopic (exact) mass is 233 g/mol. The van der Waals surface area contributed by atoms with E-state index in [4.69, 9.17) is 0 Å². The number of benzene rings is 1. The van der Waals surface area contributed by atoms with E-state index in [0.717, 1.165) is 18.4 Å². The number of nitrogens with one attached hydrogen (secondary N) is 1. The molecule has 0 aromatic heterocycles.